The third-order valence-corrected chi connectivity index (χ3v) is 3.94. The first-order valence-corrected chi connectivity index (χ1v) is 9.41. The van der Waals surface area contributed by atoms with Crippen LogP contribution in [-0.4, -0.2) is 40.5 Å². The van der Waals surface area contributed by atoms with Crippen LogP contribution in [0, 0.1) is 18.3 Å². The van der Waals surface area contributed by atoms with Gasteiger partial charge in [-0.25, -0.2) is 14.6 Å². The fraction of sp³-hybridized carbons (Fsp3) is 0.350. The third-order valence-electron chi connectivity index (χ3n) is 3.94. The monoisotopic (exact) mass is 414 g/mol. The number of esters is 1. The van der Waals surface area contributed by atoms with Gasteiger partial charge in [0, 0.05) is 17.3 Å². The average Bonchev–Trinajstić information content (AvgIpc) is 2.66. The number of amidine groups is 1. The molecule has 30 heavy (non-hydrogen) atoms. The van der Waals surface area contributed by atoms with Gasteiger partial charge in [-0.05, 0) is 44.0 Å². The van der Waals surface area contributed by atoms with Crippen LogP contribution in [0.25, 0.3) is 0 Å². The molecule has 5 N–H and O–H groups in total. The summed E-state index contributed by atoms with van der Waals surface area (Å²) < 4.78 is 10.7. The van der Waals surface area contributed by atoms with Crippen molar-refractivity contribution < 1.29 is 19.1 Å². The van der Waals surface area contributed by atoms with Crippen molar-refractivity contribution in [2.75, 3.05) is 11.9 Å². The average molecular weight is 414 g/mol. The molecule has 1 heterocycles. The van der Waals surface area contributed by atoms with E-state index < -0.39 is 18.0 Å². The van der Waals surface area contributed by atoms with E-state index in [1.54, 1.807) is 58.0 Å². The molecule has 0 aliphatic carbocycles. The standard InChI is InChI=1S/C20H26N6O4/c1-5-29-18(27)16(11(2)3)25-20(28)26-19-23-12(4)10-15(24-19)30-14-8-6-13(7-9-14)17(21)22/h6-11,16H,5H2,1-4H3,(H3,21,22)(H2,23,24,25,26,28). The Balaban J connectivity index is 2.09. The molecule has 0 aliphatic rings. The van der Waals surface area contributed by atoms with Crippen molar-refractivity contribution >= 4 is 23.8 Å². The number of hydrogen-bond donors (Lipinski definition) is 4. The van der Waals surface area contributed by atoms with Crippen LogP contribution in [0.3, 0.4) is 0 Å². The SMILES string of the molecule is CCOC(=O)C(NC(=O)Nc1nc(C)cc(Oc2ccc(C(=N)N)cc2)n1)C(C)C. The largest absolute Gasteiger partial charge is 0.464 e. The number of benzene rings is 1. The molecule has 0 fully saturated rings. The molecule has 2 rings (SSSR count). The van der Waals surface area contributed by atoms with Gasteiger partial charge in [-0.1, -0.05) is 13.8 Å². The minimum Gasteiger partial charge on any atom is -0.464 e. The summed E-state index contributed by atoms with van der Waals surface area (Å²) in [4.78, 5) is 32.7. The molecule has 1 aromatic carbocycles. The lowest BCUT2D eigenvalue weighted by Gasteiger charge is -2.20. The Morgan fingerprint density at radius 3 is 2.43 bits per heavy atom. The van der Waals surface area contributed by atoms with E-state index in [2.05, 4.69) is 20.6 Å². The Morgan fingerprint density at radius 1 is 1.20 bits per heavy atom. The fourth-order valence-electron chi connectivity index (χ4n) is 2.48. The topological polar surface area (TPSA) is 152 Å². The van der Waals surface area contributed by atoms with Gasteiger partial charge in [0.05, 0.1) is 6.61 Å². The number of rotatable bonds is 8. The lowest BCUT2D eigenvalue weighted by atomic mass is 10.1. The molecule has 0 bridgehead atoms. The number of aryl methyl sites for hydroxylation is 1. The van der Waals surface area contributed by atoms with Crippen molar-refractivity contribution in [2.45, 2.75) is 33.7 Å². The molecule has 1 aromatic heterocycles. The van der Waals surface area contributed by atoms with Crippen molar-refractivity contribution in [3.05, 3.63) is 41.6 Å². The summed E-state index contributed by atoms with van der Waals surface area (Å²) in [7, 11) is 0. The van der Waals surface area contributed by atoms with Crippen LogP contribution in [-0.2, 0) is 9.53 Å². The highest BCUT2D eigenvalue weighted by Crippen LogP contribution is 2.21. The summed E-state index contributed by atoms with van der Waals surface area (Å²) in [6.45, 7) is 7.25. The van der Waals surface area contributed by atoms with Crippen molar-refractivity contribution in [1.29, 1.82) is 5.41 Å². The Bertz CT molecular complexity index is 914. The summed E-state index contributed by atoms with van der Waals surface area (Å²) in [5, 5.41) is 12.5. The highest BCUT2D eigenvalue weighted by atomic mass is 16.5. The number of carbonyl (C=O) groups is 2. The predicted molar refractivity (Wildman–Crippen MR) is 112 cm³/mol. The second kappa shape index (κ2) is 10.2. The van der Waals surface area contributed by atoms with E-state index >= 15 is 0 Å². The van der Waals surface area contributed by atoms with E-state index in [0.29, 0.717) is 17.0 Å². The smallest absolute Gasteiger partial charge is 0.328 e. The molecule has 10 nitrogen and oxygen atoms in total. The zero-order chi connectivity index (χ0) is 22.3. The number of carbonyl (C=O) groups excluding carboxylic acids is 2. The van der Waals surface area contributed by atoms with E-state index in [1.807, 2.05) is 0 Å². The molecule has 1 unspecified atom stereocenters. The molecule has 0 spiro atoms. The third kappa shape index (κ3) is 6.43. The van der Waals surface area contributed by atoms with Gasteiger partial charge in [0.1, 0.15) is 17.6 Å². The Morgan fingerprint density at radius 2 is 1.87 bits per heavy atom. The van der Waals surface area contributed by atoms with Crippen LogP contribution >= 0.6 is 0 Å². The molecular formula is C20H26N6O4. The lowest BCUT2D eigenvalue weighted by molar-refractivity contribution is -0.146. The maximum absolute atomic E-state index is 12.3. The molecule has 2 amide bonds. The first kappa shape index (κ1) is 22.6. The van der Waals surface area contributed by atoms with Crippen molar-refractivity contribution in [3.63, 3.8) is 0 Å². The van der Waals surface area contributed by atoms with E-state index in [9.17, 15) is 9.59 Å². The number of amides is 2. The van der Waals surface area contributed by atoms with E-state index in [4.69, 9.17) is 20.6 Å². The van der Waals surface area contributed by atoms with Crippen LogP contribution in [0.1, 0.15) is 32.0 Å². The molecule has 160 valence electrons. The van der Waals surface area contributed by atoms with Crippen LogP contribution in [0.15, 0.2) is 30.3 Å². The number of urea groups is 1. The van der Waals surface area contributed by atoms with Crippen LogP contribution in [0.5, 0.6) is 11.6 Å². The van der Waals surface area contributed by atoms with Gasteiger partial charge in [0.2, 0.25) is 11.8 Å². The number of ether oxygens (including phenoxy) is 2. The first-order valence-electron chi connectivity index (χ1n) is 9.41. The predicted octanol–water partition coefficient (Wildman–Crippen LogP) is 2.57. The number of nitrogens with zero attached hydrogens (tertiary/aromatic N) is 2. The number of anilines is 1. The second-order valence-electron chi connectivity index (χ2n) is 6.78. The van der Waals surface area contributed by atoms with Crippen molar-refractivity contribution in [3.8, 4) is 11.6 Å². The highest BCUT2D eigenvalue weighted by Gasteiger charge is 2.25. The molecular weight excluding hydrogens is 388 g/mol. The maximum Gasteiger partial charge on any atom is 0.328 e. The maximum atomic E-state index is 12.3. The van der Waals surface area contributed by atoms with Crippen LogP contribution < -0.4 is 21.1 Å². The zero-order valence-corrected chi connectivity index (χ0v) is 17.4. The van der Waals surface area contributed by atoms with Crippen molar-refractivity contribution in [1.82, 2.24) is 15.3 Å². The fourth-order valence-corrected chi connectivity index (χ4v) is 2.48. The molecule has 0 aliphatic heterocycles. The number of aromatic nitrogens is 2. The molecule has 0 saturated heterocycles. The Kier molecular flexibility index (Phi) is 7.68. The van der Waals surface area contributed by atoms with Crippen molar-refractivity contribution in [2.24, 2.45) is 11.7 Å². The van der Waals surface area contributed by atoms with Gasteiger partial charge >= 0.3 is 12.0 Å². The molecule has 0 radical (unpaired) electrons. The molecule has 10 heteroatoms. The zero-order valence-electron chi connectivity index (χ0n) is 17.4. The minimum atomic E-state index is -0.801. The summed E-state index contributed by atoms with van der Waals surface area (Å²) in [6, 6.07) is 6.78. The Labute approximate surface area is 174 Å². The molecule has 1 atom stereocenters. The summed E-state index contributed by atoms with van der Waals surface area (Å²) in [5.74, 6) is 0.0134. The summed E-state index contributed by atoms with van der Waals surface area (Å²) >= 11 is 0. The quantitative estimate of drug-likeness (QED) is 0.294. The van der Waals surface area contributed by atoms with E-state index in [1.165, 1.54) is 0 Å². The van der Waals surface area contributed by atoms with Crippen LogP contribution in [0.4, 0.5) is 10.7 Å². The van der Waals surface area contributed by atoms with Gasteiger partial charge in [0.25, 0.3) is 0 Å². The number of nitrogens with one attached hydrogen (secondary N) is 3. The van der Waals surface area contributed by atoms with Crippen LogP contribution in [0.2, 0.25) is 0 Å². The number of nitrogens with two attached hydrogens (primary N) is 1. The van der Waals surface area contributed by atoms with E-state index in [0.717, 1.165) is 0 Å². The highest BCUT2D eigenvalue weighted by molar-refractivity contribution is 5.95. The van der Waals surface area contributed by atoms with E-state index in [-0.39, 0.29) is 30.2 Å². The normalized spacial score (nSPS) is 11.5. The van der Waals surface area contributed by atoms with Gasteiger partial charge in [-0.2, -0.15) is 4.98 Å². The Hall–Kier alpha value is -3.69. The first-order chi connectivity index (χ1) is 14.2. The van der Waals surface area contributed by atoms with Gasteiger partial charge in [0.15, 0.2) is 0 Å². The molecule has 0 saturated carbocycles. The molecule has 2 aromatic rings. The van der Waals surface area contributed by atoms with Gasteiger partial charge < -0.3 is 20.5 Å². The number of nitrogen functional groups attached to an aromatic ring is 1. The van der Waals surface area contributed by atoms with Gasteiger partial charge in [-0.3, -0.25) is 10.7 Å². The second-order valence-corrected chi connectivity index (χ2v) is 6.78. The minimum absolute atomic E-state index is 0.0224. The van der Waals surface area contributed by atoms with Gasteiger partial charge in [-0.15, -0.1) is 0 Å². The summed E-state index contributed by atoms with van der Waals surface area (Å²) in [5.41, 5.74) is 6.58. The number of hydrogen-bond acceptors (Lipinski definition) is 7. The summed E-state index contributed by atoms with van der Waals surface area (Å²) in [6.07, 6.45) is 0. The lowest BCUT2D eigenvalue weighted by Crippen LogP contribution is -2.47.